The minimum absolute atomic E-state index is 0.183. The van der Waals surface area contributed by atoms with Crippen molar-refractivity contribution in [2.75, 3.05) is 0 Å². The molecule has 0 atom stereocenters. The molecule has 0 saturated carbocycles. The van der Waals surface area contributed by atoms with E-state index in [1.807, 2.05) is 0 Å². The number of carbonyl (C=O) groups is 2. The van der Waals surface area contributed by atoms with E-state index in [1.165, 1.54) is 18.2 Å². The molecule has 0 unspecified atom stereocenters. The lowest BCUT2D eigenvalue weighted by Gasteiger charge is -2.00. The molecule has 4 heteroatoms. The summed E-state index contributed by atoms with van der Waals surface area (Å²) in [5.74, 6) is -0.461. The average Bonchev–Trinajstić information content (AvgIpc) is 2.56. The number of hydrogen-bond donors (Lipinski definition) is 1. The van der Waals surface area contributed by atoms with Gasteiger partial charge < -0.3 is 0 Å². The van der Waals surface area contributed by atoms with Gasteiger partial charge in [-0.05, 0) is 18.2 Å². The van der Waals surface area contributed by atoms with Gasteiger partial charge in [-0.2, -0.15) is 5.10 Å². The molecule has 1 heterocycles. The van der Waals surface area contributed by atoms with E-state index in [9.17, 15) is 9.59 Å². The Kier molecular flexibility index (Phi) is 1.48. The number of rotatable bonds is 1. The first-order valence-corrected chi connectivity index (χ1v) is 3.71. The first-order chi connectivity index (χ1) is 6.24. The lowest BCUT2D eigenvalue weighted by Crippen LogP contribution is -2.10. The number of H-pyrrole nitrogens is 1. The average molecular weight is 174 g/mol. The number of nitrogens with one attached hydrogen (secondary N) is 1. The zero-order chi connectivity index (χ0) is 9.42. The van der Waals surface area contributed by atoms with Crippen LogP contribution in [-0.2, 0) is 0 Å². The van der Waals surface area contributed by atoms with Crippen LogP contribution in [0.25, 0.3) is 6.08 Å². The number of aromatic nitrogens is 2. The van der Waals surface area contributed by atoms with Gasteiger partial charge in [0.25, 0.3) is 0 Å². The first kappa shape index (κ1) is 7.67. The summed E-state index contributed by atoms with van der Waals surface area (Å²) in [4.78, 5) is 22.5. The molecule has 0 bridgehead atoms. The van der Waals surface area contributed by atoms with Crippen LogP contribution in [0.3, 0.4) is 0 Å². The standard InChI is InChI=1S/C9H6N2O2/c1-2-5-8-6(12)3-4-7(13)9(8)11-10-5/h2-4H,1H2,(H,10,11). The van der Waals surface area contributed by atoms with Gasteiger partial charge in [-0.15, -0.1) is 0 Å². The largest absolute Gasteiger partial charge is 0.289 e. The number of nitrogens with zero attached hydrogens (tertiary/aromatic N) is 1. The Hall–Kier alpha value is -1.97. The van der Waals surface area contributed by atoms with Crippen LogP contribution >= 0.6 is 0 Å². The molecule has 1 aromatic rings. The maximum Gasteiger partial charge on any atom is 0.206 e. The third-order valence-corrected chi connectivity index (χ3v) is 1.86. The highest BCUT2D eigenvalue weighted by Gasteiger charge is 2.24. The smallest absolute Gasteiger partial charge is 0.206 e. The number of carbonyl (C=O) groups excluding carboxylic acids is 2. The van der Waals surface area contributed by atoms with Crippen LogP contribution in [0.2, 0.25) is 0 Å². The van der Waals surface area contributed by atoms with Gasteiger partial charge in [-0.25, -0.2) is 0 Å². The van der Waals surface area contributed by atoms with Crippen LogP contribution in [-0.4, -0.2) is 21.8 Å². The topological polar surface area (TPSA) is 62.8 Å². The Balaban J connectivity index is 2.71. The van der Waals surface area contributed by atoms with Crippen LogP contribution in [0, 0.1) is 0 Å². The van der Waals surface area contributed by atoms with Gasteiger partial charge in [0.05, 0.1) is 11.3 Å². The molecule has 2 rings (SSSR count). The van der Waals surface area contributed by atoms with Crippen molar-refractivity contribution in [3.63, 3.8) is 0 Å². The van der Waals surface area contributed by atoms with E-state index in [1.54, 1.807) is 0 Å². The molecule has 0 fully saturated rings. The normalized spacial score (nSPS) is 14.5. The summed E-state index contributed by atoms with van der Waals surface area (Å²) in [5.41, 5.74) is 1.00. The summed E-state index contributed by atoms with van der Waals surface area (Å²) in [7, 11) is 0. The number of aromatic amines is 1. The maximum atomic E-state index is 11.3. The first-order valence-electron chi connectivity index (χ1n) is 3.71. The predicted octanol–water partition coefficient (Wildman–Crippen LogP) is 0.988. The van der Waals surface area contributed by atoms with Gasteiger partial charge in [-0.1, -0.05) is 6.58 Å². The molecule has 64 valence electrons. The van der Waals surface area contributed by atoms with Crippen molar-refractivity contribution in [1.29, 1.82) is 0 Å². The Morgan fingerprint density at radius 1 is 1.31 bits per heavy atom. The third-order valence-electron chi connectivity index (χ3n) is 1.86. The molecule has 4 nitrogen and oxygen atoms in total. The fourth-order valence-corrected chi connectivity index (χ4v) is 1.24. The van der Waals surface area contributed by atoms with Crippen molar-refractivity contribution < 1.29 is 9.59 Å². The van der Waals surface area contributed by atoms with E-state index in [0.717, 1.165) is 0 Å². The summed E-state index contributed by atoms with van der Waals surface area (Å²) < 4.78 is 0. The van der Waals surface area contributed by atoms with Gasteiger partial charge in [0, 0.05) is 0 Å². The summed E-state index contributed by atoms with van der Waals surface area (Å²) in [5, 5.41) is 6.32. The highest BCUT2D eigenvalue weighted by atomic mass is 16.1. The van der Waals surface area contributed by atoms with Crippen LogP contribution in [0.5, 0.6) is 0 Å². The second-order valence-corrected chi connectivity index (χ2v) is 2.63. The molecule has 0 saturated heterocycles. The van der Waals surface area contributed by atoms with Gasteiger partial charge in [0.1, 0.15) is 5.69 Å². The SMILES string of the molecule is C=Cc1[nH]nc2c1C(=O)C=CC2=O. The number of ketones is 2. The van der Waals surface area contributed by atoms with Crippen molar-refractivity contribution in [2.24, 2.45) is 0 Å². The number of hydrogen-bond acceptors (Lipinski definition) is 3. The fraction of sp³-hybridized carbons (Fsp3) is 0. The van der Waals surface area contributed by atoms with Gasteiger partial charge in [0.2, 0.25) is 5.78 Å². The summed E-state index contributed by atoms with van der Waals surface area (Å²) in [6.07, 6.45) is 3.93. The van der Waals surface area contributed by atoms with E-state index >= 15 is 0 Å². The molecule has 0 spiro atoms. The zero-order valence-electron chi connectivity index (χ0n) is 6.70. The molecule has 1 aliphatic rings. The van der Waals surface area contributed by atoms with Gasteiger partial charge in [-0.3, -0.25) is 14.7 Å². The Morgan fingerprint density at radius 3 is 2.69 bits per heavy atom. The molecule has 13 heavy (non-hydrogen) atoms. The molecule has 1 aliphatic carbocycles. The molecular formula is C9H6N2O2. The number of fused-ring (bicyclic) bond motifs is 1. The van der Waals surface area contributed by atoms with E-state index in [-0.39, 0.29) is 17.3 Å². The minimum Gasteiger partial charge on any atom is -0.289 e. The van der Waals surface area contributed by atoms with Crippen LogP contribution < -0.4 is 0 Å². The van der Waals surface area contributed by atoms with Crippen molar-refractivity contribution in [3.8, 4) is 0 Å². The van der Waals surface area contributed by atoms with Gasteiger partial charge in [0.15, 0.2) is 5.78 Å². The second-order valence-electron chi connectivity index (χ2n) is 2.63. The quantitative estimate of drug-likeness (QED) is 0.690. The monoisotopic (exact) mass is 174 g/mol. The molecule has 0 radical (unpaired) electrons. The molecule has 1 N–H and O–H groups in total. The highest BCUT2D eigenvalue weighted by Crippen LogP contribution is 2.18. The van der Waals surface area contributed by atoms with Crippen molar-refractivity contribution >= 4 is 17.6 Å². The van der Waals surface area contributed by atoms with Crippen LogP contribution in [0.1, 0.15) is 26.5 Å². The van der Waals surface area contributed by atoms with E-state index in [2.05, 4.69) is 16.8 Å². The molecule has 0 aromatic carbocycles. The van der Waals surface area contributed by atoms with E-state index in [0.29, 0.717) is 11.3 Å². The van der Waals surface area contributed by atoms with Crippen LogP contribution in [0.4, 0.5) is 0 Å². The molecule has 1 aromatic heterocycles. The third kappa shape index (κ3) is 0.955. The van der Waals surface area contributed by atoms with E-state index < -0.39 is 0 Å². The predicted molar refractivity (Wildman–Crippen MR) is 46.5 cm³/mol. The van der Waals surface area contributed by atoms with Crippen molar-refractivity contribution in [2.45, 2.75) is 0 Å². The number of allylic oxidation sites excluding steroid dienone is 2. The second kappa shape index (κ2) is 2.52. The molecule has 0 amide bonds. The summed E-state index contributed by atoms with van der Waals surface area (Å²) in [6.45, 7) is 3.51. The lowest BCUT2D eigenvalue weighted by atomic mass is 10.00. The highest BCUT2D eigenvalue weighted by molar-refractivity contribution is 6.22. The summed E-state index contributed by atoms with van der Waals surface area (Å²) >= 11 is 0. The van der Waals surface area contributed by atoms with Crippen molar-refractivity contribution in [1.82, 2.24) is 10.2 Å². The maximum absolute atomic E-state index is 11.3. The Bertz CT molecular complexity index is 440. The molecule has 0 aliphatic heterocycles. The van der Waals surface area contributed by atoms with E-state index in [4.69, 9.17) is 0 Å². The fourth-order valence-electron chi connectivity index (χ4n) is 1.24. The minimum atomic E-state index is -0.251. The zero-order valence-corrected chi connectivity index (χ0v) is 6.70. The van der Waals surface area contributed by atoms with Crippen LogP contribution in [0.15, 0.2) is 18.7 Å². The Morgan fingerprint density at radius 2 is 2.00 bits per heavy atom. The summed E-state index contributed by atoms with van der Waals surface area (Å²) in [6, 6.07) is 0. The lowest BCUT2D eigenvalue weighted by molar-refractivity contribution is 0.0992. The van der Waals surface area contributed by atoms with Gasteiger partial charge >= 0.3 is 0 Å². The Labute approximate surface area is 74.0 Å². The van der Waals surface area contributed by atoms with Crippen molar-refractivity contribution in [3.05, 3.63) is 35.7 Å². The molecular weight excluding hydrogens is 168 g/mol.